The topological polar surface area (TPSA) is 112 Å². The van der Waals surface area contributed by atoms with Gasteiger partial charge in [-0.1, -0.05) is 11.6 Å². The Hall–Kier alpha value is -1.67. The van der Waals surface area contributed by atoms with Crippen LogP contribution in [0.4, 0.5) is 0 Å². The maximum absolute atomic E-state index is 12.2. The number of nitrogens with one attached hydrogen (secondary N) is 2. The van der Waals surface area contributed by atoms with Gasteiger partial charge < -0.3 is 5.11 Å². The Labute approximate surface area is 117 Å². The molecule has 1 aliphatic carbocycles. The van der Waals surface area contributed by atoms with Crippen LogP contribution in [-0.4, -0.2) is 36.2 Å². The van der Waals surface area contributed by atoms with E-state index < -0.39 is 21.7 Å². The van der Waals surface area contributed by atoms with Crippen LogP contribution in [0.1, 0.15) is 41.9 Å². The molecule has 0 radical (unpaired) electrons. The molecule has 0 fully saturated rings. The van der Waals surface area contributed by atoms with E-state index in [1.807, 2.05) is 0 Å². The third kappa shape index (κ3) is 3.07. The van der Waals surface area contributed by atoms with Crippen molar-refractivity contribution < 1.29 is 18.3 Å². The van der Waals surface area contributed by atoms with Gasteiger partial charge in [0, 0.05) is 6.54 Å². The van der Waals surface area contributed by atoms with Crippen molar-refractivity contribution in [2.45, 2.75) is 37.5 Å². The molecule has 0 saturated carbocycles. The van der Waals surface area contributed by atoms with Crippen LogP contribution < -0.4 is 4.72 Å². The van der Waals surface area contributed by atoms with Gasteiger partial charge in [0.2, 0.25) is 10.0 Å². The van der Waals surface area contributed by atoms with E-state index in [1.165, 1.54) is 12.5 Å². The van der Waals surface area contributed by atoms with Crippen LogP contribution in [0.2, 0.25) is 0 Å². The third-order valence-corrected chi connectivity index (χ3v) is 4.86. The molecular weight excluding hydrogens is 282 g/mol. The molecule has 1 aromatic rings. The lowest BCUT2D eigenvalue weighted by atomic mass is 10.2. The standard InChI is InChI=1S/C12H17N3O4S/c1-8-11(10(12(16)17)15-14-8)20(18,19)13-7-6-9-4-2-3-5-9/h4,13H,2-3,5-7H2,1H3,(H,14,15)(H,16,17). The van der Waals surface area contributed by atoms with Gasteiger partial charge in [-0.25, -0.2) is 17.9 Å². The molecule has 110 valence electrons. The lowest BCUT2D eigenvalue weighted by Gasteiger charge is -2.07. The highest BCUT2D eigenvalue weighted by Crippen LogP contribution is 2.21. The zero-order valence-corrected chi connectivity index (χ0v) is 12.0. The first kappa shape index (κ1) is 14.7. The number of hydrogen-bond donors (Lipinski definition) is 3. The number of nitrogens with zero attached hydrogens (tertiary/aromatic N) is 1. The van der Waals surface area contributed by atoms with Crippen LogP contribution in [0.3, 0.4) is 0 Å². The minimum Gasteiger partial charge on any atom is -0.476 e. The molecule has 20 heavy (non-hydrogen) atoms. The number of carbonyl (C=O) groups is 1. The summed E-state index contributed by atoms with van der Waals surface area (Å²) >= 11 is 0. The Bertz CT molecular complexity index is 646. The number of allylic oxidation sites excluding steroid dienone is 1. The third-order valence-electron chi connectivity index (χ3n) is 3.24. The molecule has 0 aliphatic heterocycles. The van der Waals surface area contributed by atoms with Gasteiger partial charge in [-0.3, -0.25) is 5.10 Å². The number of aromatic carboxylic acids is 1. The van der Waals surface area contributed by atoms with Gasteiger partial charge in [0.15, 0.2) is 5.69 Å². The fourth-order valence-corrected chi connectivity index (χ4v) is 3.63. The second-order valence-electron chi connectivity index (χ2n) is 4.73. The molecule has 0 saturated heterocycles. The highest BCUT2D eigenvalue weighted by atomic mass is 32.2. The molecule has 0 atom stereocenters. The van der Waals surface area contributed by atoms with Crippen molar-refractivity contribution in [1.82, 2.24) is 14.9 Å². The molecule has 3 N–H and O–H groups in total. The number of H-pyrrole nitrogens is 1. The minimum absolute atomic E-state index is 0.218. The first-order chi connectivity index (χ1) is 9.42. The Balaban J connectivity index is 2.10. The highest BCUT2D eigenvalue weighted by Gasteiger charge is 2.27. The van der Waals surface area contributed by atoms with E-state index in [-0.39, 0.29) is 17.1 Å². The van der Waals surface area contributed by atoms with Crippen molar-refractivity contribution in [2.75, 3.05) is 6.54 Å². The number of sulfonamides is 1. The summed E-state index contributed by atoms with van der Waals surface area (Å²) in [5, 5.41) is 14.9. The van der Waals surface area contributed by atoms with Crippen molar-refractivity contribution in [2.24, 2.45) is 0 Å². The summed E-state index contributed by atoms with van der Waals surface area (Å²) in [7, 11) is -3.87. The van der Waals surface area contributed by atoms with Gasteiger partial charge in [0.1, 0.15) is 4.90 Å². The maximum Gasteiger partial charge on any atom is 0.357 e. The van der Waals surface area contributed by atoms with Crippen molar-refractivity contribution in [3.05, 3.63) is 23.0 Å². The summed E-state index contributed by atoms with van der Waals surface area (Å²) in [4.78, 5) is 10.7. The number of carboxylic acid groups (broad SMARTS) is 1. The first-order valence-electron chi connectivity index (χ1n) is 6.37. The van der Waals surface area contributed by atoms with Crippen LogP contribution in [0.15, 0.2) is 16.5 Å². The Morgan fingerprint density at radius 1 is 1.55 bits per heavy atom. The molecule has 1 aromatic heterocycles. The fourth-order valence-electron chi connectivity index (χ4n) is 2.28. The van der Waals surface area contributed by atoms with Gasteiger partial charge >= 0.3 is 5.97 Å². The summed E-state index contributed by atoms with van der Waals surface area (Å²) in [6.45, 7) is 1.74. The first-order valence-corrected chi connectivity index (χ1v) is 7.86. The monoisotopic (exact) mass is 299 g/mol. The van der Waals surface area contributed by atoms with E-state index in [4.69, 9.17) is 5.11 Å². The number of hydrogen-bond acceptors (Lipinski definition) is 4. The molecule has 1 heterocycles. The lowest BCUT2D eigenvalue weighted by molar-refractivity contribution is 0.0686. The molecule has 2 rings (SSSR count). The zero-order valence-electron chi connectivity index (χ0n) is 11.1. The molecule has 8 heteroatoms. The van der Waals surface area contributed by atoms with E-state index in [0.29, 0.717) is 6.42 Å². The average molecular weight is 299 g/mol. The van der Waals surface area contributed by atoms with Gasteiger partial charge in [-0.15, -0.1) is 0 Å². The van der Waals surface area contributed by atoms with Crippen molar-refractivity contribution >= 4 is 16.0 Å². The normalized spacial score (nSPS) is 15.3. The highest BCUT2D eigenvalue weighted by molar-refractivity contribution is 7.89. The predicted octanol–water partition coefficient (Wildman–Crippen LogP) is 1.20. The molecule has 1 aliphatic rings. The van der Waals surface area contributed by atoms with E-state index in [9.17, 15) is 13.2 Å². The molecule has 0 aromatic carbocycles. The van der Waals surface area contributed by atoms with Crippen LogP contribution in [-0.2, 0) is 10.0 Å². The molecule has 0 spiro atoms. The van der Waals surface area contributed by atoms with E-state index in [1.54, 1.807) is 0 Å². The van der Waals surface area contributed by atoms with Crippen molar-refractivity contribution in [1.29, 1.82) is 0 Å². The Kier molecular flexibility index (Phi) is 4.24. The summed E-state index contributed by atoms with van der Waals surface area (Å²) < 4.78 is 26.8. The summed E-state index contributed by atoms with van der Waals surface area (Å²) in [5.41, 5.74) is 0.986. The summed E-state index contributed by atoms with van der Waals surface area (Å²) in [5.74, 6) is -1.37. The van der Waals surface area contributed by atoms with Gasteiger partial charge in [0.25, 0.3) is 0 Å². The van der Waals surface area contributed by atoms with Crippen LogP contribution in [0.5, 0.6) is 0 Å². The molecular formula is C12H17N3O4S. The summed E-state index contributed by atoms with van der Waals surface area (Å²) in [6, 6.07) is 0. The quantitative estimate of drug-likeness (QED) is 0.683. The maximum atomic E-state index is 12.2. The molecule has 7 nitrogen and oxygen atoms in total. The Morgan fingerprint density at radius 2 is 2.30 bits per heavy atom. The second-order valence-corrected chi connectivity index (χ2v) is 6.44. The number of aromatic amines is 1. The number of carboxylic acids is 1. The predicted molar refractivity (Wildman–Crippen MR) is 72.0 cm³/mol. The van der Waals surface area contributed by atoms with Crippen molar-refractivity contribution in [3.63, 3.8) is 0 Å². The van der Waals surface area contributed by atoms with E-state index in [2.05, 4.69) is 21.0 Å². The number of aromatic nitrogens is 2. The smallest absolute Gasteiger partial charge is 0.357 e. The van der Waals surface area contributed by atoms with Crippen LogP contribution in [0.25, 0.3) is 0 Å². The van der Waals surface area contributed by atoms with Crippen LogP contribution >= 0.6 is 0 Å². The average Bonchev–Trinajstić information content (AvgIpc) is 2.98. The Morgan fingerprint density at radius 3 is 2.90 bits per heavy atom. The molecule has 0 amide bonds. The van der Waals surface area contributed by atoms with Crippen molar-refractivity contribution in [3.8, 4) is 0 Å². The van der Waals surface area contributed by atoms with Gasteiger partial charge in [-0.05, 0) is 32.6 Å². The fraction of sp³-hybridized carbons (Fsp3) is 0.500. The SMILES string of the molecule is Cc1[nH]nc(C(=O)O)c1S(=O)(=O)NCCC1=CCCC1. The minimum atomic E-state index is -3.87. The van der Waals surface area contributed by atoms with Gasteiger partial charge in [0.05, 0.1) is 5.69 Å². The largest absolute Gasteiger partial charge is 0.476 e. The molecule has 0 unspecified atom stereocenters. The van der Waals surface area contributed by atoms with Crippen LogP contribution in [0, 0.1) is 6.92 Å². The number of aryl methyl sites for hydroxylation is 1. The molecule has 0 bridgehead atoms. The van der Waals surface area contributed by atoms with E-state index in [0.717, 1.165) is 19.3 Å². The summed E-state index contributed by atoms with van der Waals surface area (Å²) in [6.07, 6.45) is 5.95. The van der Waals surface area contributed by atoms with Gasteiger partial charge in [-0.2, -0.15) is 5.10 Å². The number of rotatable bonds is 6. The van der Waals surface area contributed by atoms with E-state index >= 15 is 0 Å². The second kappa shape index (κ2) is 5.76. The zero-order chi connectivity index (χ0) is 14.8. The lowest BCUT2D eigenvalue weighted by Crippen LogP contribution is -2.27.